The van der Waals surface area contributed by atoms with Gasteiger partial charge in [0.05, 0.1) is 17.3 Å². The minimum atomic E-state index is -0.225. The molecule has 35 heavy (non-hydrogen) atoms. The van der Waals surface area contributed by atoms with Gasteiger partial charge >= 0.3 is 0 Å². The number of aromatic nitrogens is 2. The number of benzene rings is 2. The number of ether oxygens (including phenoxy) is 2. The van der Waals surface area contributed by atoms with Crippen molar-refractivity contribution in [1.29, 1.82) is 0 Å². The molecule has 1 aliphatic rings. The molecule has 1 aromatic heterocycles. The standard InChI is InChI=1S/C27H33N5O3/c1-19(20-9-5-4-6-10-20)30-27-22-15-24(31-26(33)12-7-13-32(2)3)25(16-23(22)28-18-29-27)35-17-21-11-8-14-34-21/h4-7,9-10,12,15-16,18-19,21H,8,11,13-14,17H2,1-3H3,(H,31,33)(H,28,29,30)/t19-,21?/m1/s1. The first-order valence-electron chi connectivity index (χ1n) is 12.0. The van der Waals surface area contributed by atoms with Crippen molar-refractivity contribution in [2.75, 3.05) is 44.5 Å². The molecule has 1 amide bonds. The summed E-state index contributed by atoms with van der Waals surface area (Å²) in [6.45, 7) is 3.94. The van der Waals surface area contributed by atoms with Gasteiger partial charge in [0.2, 0.25) is 5.91 Å². The van der Waals surface area contributed by atoms with Crippen molar-refractivity contribution < 1.29 is 14.3 Å². The lowest BCUT2D eigenvalue weighted by molar-refractivity contribution is -0.111. The SMILES string of the molecule is C[C@@H](Nc1ncnc2cc(OCC3CCCO3)c(NC(=O)C=CCN(C)C)cc12)c1ccccc1. The van der Waals surface area contributed by atoms with E-state index in [0.717, 1.165) is 35.9 Å². The number of nitrogens with one attached hydrogen (secondary N) is 2. The summed E-state index contributed by atoms with van der Waals surface area (Å²) in [5.41, 5.74) is 2.45. The maximum atomic E-state index is 12.6. The average Bonchev–Trinajstić information content (AvgIpc) is 3.37. The Balaban J connectivity index is 1.62. The van der Waals surface area contributed by atoms with Crippen LogP contribution in [-0.2, 0) is 9.53 Å². The molecule has 2 aromatic carbocycles. The summed E-state index contributed by atoms with van der Waals surface area (Å²) in [5, 5.41) is 7.25. The molecule has 1 saturated heterocycles. The summed E-state index contributed by atoms with van der Waals surface area (Å²) in [6.07, 6.45) is 6.95. The number of amides is 1. The number of carbonyl (C=O) groups is 1. The van der Waals surface area contributed by atoms with Gasteiger partial charge in [0.25, 0.3) is 0 Å². The fourth-order valence-corrected chi connectivity index (χ4v) is 3.95. The summed E-state index contributed by atoms with van der Waals surface area (Å²) >= 11 is 0. The van der Waals surface area contributed by atoms with Crippen LogP contribution in [0, 0.1) is 0 Å². The molecule has 3 aromatic rings. The van der Waals surface area contributed by atoms with Gasteiger partial charge in [-0.05, 0) is 45.5 Å². The lowest BCUT2D eigenvalue weighted by atomic mass is 10.1. The largest absolute Gasteiger partial charge is 0.489 e. The Morgan fingerprint density at radius 1 is 1.26 bits per heavy atom. The summed E-state index contributed by atoms with van der Waals surface area (Å²) in [4.78, 5) is 23.6. The Bertz CT molecular complexity index is 1160. The van der Waals surface area contributed by atoms with Crippen LogP contribution in [0.15, 0.2) is 60.9 Å². The zero-order valence-corrected chi connectivity index (χ0v) is 20.5. The van der Waals surface area contributed by atoms with Crippen LogP contribution in [0.4, 0.5) is 11.5 Å². The van der Waals surface area contributed by atoms with E-state index in [-0.39, 0.29) is 18.1 Å². The van der Waals surface area contributed by atoms with Gasteiger partial charge in [0, 0.05) is 36.7 Å². The molecule has 0 saturated carbocycles. The van der Waals surface area contributed by atoms with Crippen LogP contribution in [0.1, 0.15) is 31.4 Å². The monoisotopic (exact) mass is 475 g/mol. The lowest BCUT2D eigenvalue weighted by Gasteiger charge is -2.18. The number of likely N-dealkylation sites (N-methyl/N-ethyl adjacent to an activating group) is 1. The van der Waals surface area contributed by atoms with Crippen molar-refractivity contribution in [2.24, 2.45) is 0 Å². The summed E-state index contributed by atoms with van der Waals surface area (Å²) < 4.78 is 11.8. The fraction of sp³-hybridized carbons (Fsp3) is 0.370. The normalized spacial score (nSPS) is 16.6. The molecule has 184 valence electrons. The molecular weight excluding hydrogens is 442 g/mol. The van der Waals surface area contributed by atoms with E-state index in [4.69, 9.17) is 9.47 Å². The second-order valence-corrected chi connectivity index (χ2v) is 8.96. The molecular formula is C27H33N5O3. The van der Waals surface area contributed by atoms with E-state index in [2.05, 4.69) is 39.7 Å². The number of rotatable bonds is 10. The number of fused-ring (bicyclic) bond motifs is 1. The minimum absolute atomic E-state index is 0.0387. The Kier molecular flexibility index (Phi) is 8.28. The molecule has 2 N–H and O–H groups in total. The van der Waals surface area contributed by atoms with Gasteiger partial charge in [-0.15, -0.1) is 0 Å². The lowest BCUT2D eigenvalue weighted by Crippen LogP contribution is -2.18. The van der Waals surface area contributed by atoms with Crippen molar-refractivity contribution >= 4 is 28.3 Å². The van der Waals surface area contributed by atoms with Crippen molar-refractivity contribution in [1.82, 2.24) is 14.9 Å². The molecule has 4 rings (SSSR count). The van der Waals surface area contributed by atoms with E-state index in [9.17, 15) is 4.79 Å². The van der Waals surface area contributed by atoms with Gasteiger partial charge in [-0.1, -0.05) is 36.4 Å². The highest BCUT2D eigenvalue weighted by Crippen LogP contribution is 2.34. The average molecular weight is 476 g/mol. The van der Waals surface area contributed by atoms with Crippen molar-refractivity contribution in [2.45, 2.75) is 31.9 Å². The Labute approximate surface area is 206 Å². The topological polar surface area (TPSA) is 88.6 Å². The quantitative estimate of drug-likeness (QED) is 0.420. The Hall–Kier alpha value is -3.49. The maximum Gasteiger partial charge on any atom is 0.248 e. The van der Waals surface area contributed by atoms with E-state index in [1.807, 2.05) is 55.4 Å². The first kappa shape index (κ1) is 24.6. The summed E-state index contributed by atoms with van der Waals surface area (Å²) in [5.74, 6) is 1.02. The fourth-order valence-electron chi connectivity index (χ4n) is 3.95. The molecule has 1 aliphatic heterocycles. The Morgan fingerprint density at radius 3 is 2.83 bits per heavy atom. The molecule has 2 heterocycles. The van der Waals surface area contributed by atoms with E-state index in [1.165, 1.54) is 12.4 Å². The number of nitrogens with zero attached hydrogens (tertiary/aromatic N) is 3. The van der Waals surface area contributed by atoms with Crippen LogP contribution >= 0.6 is 0 Å². The smallest absolute Gasteiger partial charge is 0.248 e. The van der Waals surface area contributed by atoms with Crippen LogP contribution in [-0.4, -0.2) is 60.7 Å². The van der Waals surface area contributed by atoms with E-state index in [0.29, 0.717) is 30.4 Å². The highest BCUT2D eigenvalue weighted by molar-refractivity contribution is 6.03. The van der Waals surface area contributed by atoms with Gasteiger partial charge in [0.15, 0.2) is 0 Å². The van der Waals surface area contributed by atoms with Gasteiger partial charge in [-0.3, -0.25) is 4.79 Å². The molecule has 8 heteroatoms. The van der Waals surface area contributed by atoms with Gasteiger partial charge < -0.3 is 25.0 Å². The number of anilines is 2. The third-order valence-electron chi connectivity index (χ3n) is 5.84. The molecule has 2 atom stereocenters. The molecule has 8 nitrogen and oxygen atoms in total. The van der Waals surface area contributed by atoms with Crippen LogP contribution in [0.25, 0.3) is 10.9 Å². The molecule has 0 radical (unpaired) electrons. The molecule has 1 unspecified atom stereocenters. The highest BCUT2D eigenvalue weighted by Gasteiger charge is 2.19. The first-order chi connectivity index (χ1) is 17.0. The van der Waals surface area contributed by atoms with Crippen molar-refractivity contribution in [3.63, 3.8) is 0 Å². The van der Waals surface area contributed by atoms with Crippen molar-refractivity contribution in [3.05, 3.63) is 66.5 Å². The zero-order chi connectivity index (χ0) is 24.6. The van der Waals surface area contributed by atoms with Gasteiger partial charge in [0.1, 0.15) is 24.5 Å². The van der Waals surface area contributed by atoms with Crippen LogP contribution in [0.5, 0.6) is 5.75 Å². The highest BCUT2D eigenvalue weighted by atomic mass is 16.5. The predicted molar refractivity (Wildman–Crippen MR) is 139 cm³/mol. The molecule has 0 aliphatic carbocycles. The minimum Gasteiger partial charge on any atom is -0.489 e. The number of hydrogen-bond acceptors (Lipinski definition) is 7. The molecule has 1 fully saturated rings. The van der Waals surface area contributed by atoms with Crippen LogP contribution in [0.2, 0.25) is 0 Å². The third kappa shape index (κ3) is 6.77. The first-order valence-corrected chi connectivity index (χ1v) is 12.0. The van der Waals surface area contributed by atoms with E-state index >= 15 is 0 Å². The second kappa shape index (κ2) is 11.8. The van der Waals surface area contributed by atoms with Gasteiger partial charge in [-0.25, -0.2) is 9.97 Å². The number of carbonyl (C=O) groups excluding carboxylic acids is 1. The third-order valence-corrected chi connectivity index (χ3v) is 5.84. The van der Waals surface area contributed by atoms with Crippen molar-refractivity contribution in [3.8, 4) is 5.75 Å². The number of hydrogen-bond donors (Lipinski definition) is 2. The Morgan fingerprint density at radius 2 is 2.09 bits per heavy atom. The van der Waals surface area contributed by atoms with E-state index in [1.54, 1.807) is 0 Å². The second-order valence-electron chi connectivity index (χ2n) is 8.96. The van der Waals surface area contributed by atoms with Crippen LogP contribution in [0.3, 0.4) is 0 Å². The maximum absolute atomic E-state index is 12.6. The van der Waals surface area contributed by atoms with E-state index < -0.39 is 0 Å². The zero-order valence-electron chi connectivity index (χ0n) is 20.5. The predicted octanol–water partition coefficient (Wildman–Crippen LogP) is 4.42. The molecule has 0 spiro atoms. The van der Waals surface area contributed by atoms with Gasteiger partial charge in [-0.2, -0.15) is 0 Å². The molecule has 0 bridgehead atoms. The summed E-state index contributed by atoms with van der Waals surface area (Å²) in [7, 11) is 3.90. The van der Waals surface area contributed by atoms with Crippen LogP contribution < -0.4 is 15.4 Å². The summed E-state index contributed by atoms with van der Waals surface area (Å²) in [6, 6.07) is 13.9.